The number of aliphatic hydroxyl groups is 1. The van der Waals surface area contributed by atoms with Crippen molar-refractivity contribution in [3.63, 3.8) is 0 Å². The van der Waals surface area contributed by atoms with E-state index in [2.05, 4.69) is 15.3 Å². The number of pyridine rings is 1. The van der Waals surface area contributed by atoms with Crippen molar-refractivity contribution < 1.29 is 32.2 Å². The van der Waals surface area contributed by atoms with Gasteiger partial charge < -0.3 is 15.2 Å². The zero-order valence-electron chi connectivity index (χ0n) is 18.3. The third kappa shape index (κ3) is 5.48. The molecule has 1 aromatic carbocycles. The molecule has 0 aliphatic carbocycles. The summed E-state index contributed by atoms with van der Waals surface area (Å²) in [6, 6.07) is 3.36. The van der Waals surface area contributed by atoms with Crippen molar-refractivity contribution in [1.29, 1.82) is 0 Å². The van der Waals surface area contributed by atoms with E-state index in [-0.39, 0.29) is 28.0 Å². The first-order valence-corrected chi connectivity index (χ1v) is 11.2. The van der Waals surface area contributed by atoms with E-state index in [9.17, 15) is 23.1 Å². The fraction of sp³-hybridized carbons (Fsp3) is 0.318. The van der Waals surface area contributed by atoms with E-state index in [0.717, 1.165) is 30.4 Å². The van der Waals surface area contributed by atoms with Gasteiger partial charge in [-0.15, -0.1) is 11.3 Å². The van der Waals surface area contributed by atoms with Gasteiger partial charge in [-0.05, 0) is 44.0 Å². The molecule has 2 N–H and O–H groups in total. The van der Waals surface area contributed by atoms with Crippen LogP contribution in [0.5, 0.6) is 5.75 Å². The third-order valence-electron chi connectivity index (χ3n) is 4.91. The lowest BCUT2D eigenvalue weighted by molar-refractivity contribution is -0.189. The maximum atomic E-state index is 15.1. The Labute approximate surface area is 201 Å². The Morgan fingerprint density at radius 2 is 2.06 bits per heavy atom. The zero-order chi connectivity index (χ0) is 25.2. The molecule has 3 aromatic rings. The fourth-order valence-corrected chi connectivity index (χ4v) is 4.28. The number of rotatable bonds is 7. The van der Waals surface area contributed by atoms with Gasteiger partial charge in [0.25, 0.3) is 5.91 Å². The van der Waals surface area contributed by atoms with E-state index in [1.54, 1.807) is 13.0 Å². The molecule has 0 aliphatic rings. The van der Waals surface area contributed by atoms with Crippen LogP contribution in [-0.2, 0) is 13.0 Å². The number of ether oxygens (including phenoxy) is 1. The molecule has 0 fully saturated rings. The smallest absolute Gasteiger partial charge is 0.425 e. The number of hydrogen-bond donors (Lipinski definition) is 2. The zero-order valence-corrected chi connectivity index (χ0v) is 19.8. The quantitative estimate of drug-likeness (QED) is 0.299. The van der Waals surface area contributed by atoms with Crippen LogP contribution in [0.3, 0.4) is 0 Å². The maximum Gasteiger partial charge on any atom is 0.425 e. The van der Waals surface area contributed by atoms with Crippen LogP contribution in [0.25, 0.3) is 10.6 Å². The fourth-order valence-electron chi connectivity index (χ4n) is 3.00. The predicted octanol–water partition coefficient (Wildman–Crippen LogP) is 5.94. The molecular formula is C22H20ClF4N3O3S. The van der Waals surface area contributed by atoms with Crippen molar-refractivity contribution in [3.05, 3.63) is 57.1 Å². The van der Waals surface area contributed by atoms with Crippen LogP contribution in [-0.4, -0.2) is 33.3 Å². The number of amides is 1. The molecule has 0 aliphatic heterocycles. The van der Waals surface area contributed by atoms with Crippen LogP contribution >= 0.6 is 22.9 Å². The average molecular weight is 518 g/mol. The summed E-state index contributed by atoms with van der Waals surface area (Å²) < 4.78 is 59.8. The topological polar surface area (TPSA) is 84.3 Å². The first-order chi connectivity index (χ1) is 16.0. The van der Waals surface area contributed by atoms with Gasteiger partial charge >= 0.3 is 6.18 Å². The number of halogens is 5. The molecule has 2 aromatic heterocycles. The molecule has 0 saturated carbocycles. The molecule has 3 rings (SSSR count). The lowest BCUT2D eigenvalue weighted by Gasteiger charge is -2.20. The number of nitrogens with one attached hydrogen (secondary N) is 1. The molecule has 12 heteroatoms. The van der Waals surface area contributed by atoms with Crippen molar-refractivity contribution in [1.82, 2.24) is 9.97 Å². The van der Waals surface area contributed by atoms with Crippen molar-refractivity contribution in [2.75, 3.05) is 5.32 Å². The number of aryl methyl sites for hydroxylation is 2. The number of anilines is 1. The van der Waals surface area contributed by atoms with E-state index in [1.807, 2.05) is 6.92 Å². The Balaban J connectivity index is 2.10. The van der Waals surface area contributed by atoms with Crippen LogP contribution in [0.4, 0.5) is 23.2 Å². The molecule has 0 bridgehead atoms. The summed E-state index contributed by atoms with van der Waals surface area (Å²) in [7, 11) is 0. The predicted molar refractivity (Wildman–Crippen MR) is 121 cm³/mol. The Hall–Kier alpha value is -2.76. The van der Waals surface area contributed by atoms with Gasteiger partial charge in [0, 0.05) is 16.6 Å². The van der Waals surface area contributed by atoms with Gasteiger partial charge in [0.1, 0.15) is 16.6 Å². The van der Waals surface area contributed by atoms with Gasteiger partial charge in [0.2, 0.25) is 0 Å². The largest absolute Gasteiger partial charge is 0.480 e. The van der Waals surface area contributed by atoms with E-state index in [1.165, 1.54) is 6.20 Å². The Kier molecular flexibility index (Phi) is 7.79. The van der Waals surface area contributed by atoms with Crippen LogP contribution in [0, 0.1) is 12.7 Å². The second kappa shape index (κ2) is 10.2. The molecule has 1 unspecified atom stereocenters. The Bertz CT molecular complexity index is 1180. The van der Waals surface area contributed by atoms with Gasteiger partial charge in [0.05, 0.1) is 23.6 Å². The molecule has 1 amide bonds. The highest BCUT2D eigenvalue weighted by Crippen LogP contribution is 2.37. The van der Waals surface area contributed by atoms with Crippen molar-refractivity contribution in [3.8, 4) is 16.3 Å². The highest BCUT2D eigenvalue weighted by atomic mass is 35.5. The number of aliphatic hydroxyl groups excluding tert-OH is 1. The molecule has 0 saturated heterocycles. The normalized spacial score (nSPS) is 12.5. The number of aromatic nitrogens is 2. The monoisotopic (exact) mass is 517 g/mol. The van der Waals surface area contributed by atoms with E-state index in [0.29, 0.717) is 22.6 Å². The van der Waals surface area contributed by atoms with E-state index >= 15 is 4.39 Å². The van der Waals surface area contributed by atoms with Crippen LogP contribution < -0.4 is 10.1 Å². The number of hydrogen-bond acceptors (Lipinski definition) is 6. The number of thiazole rings is 1. The van der Waals surface area contributed by atoms with Gasteiger partial charge in [-0.1, -0.05) is 18.5 Å². The van der Waals surface area contributed by atoms with Gasteiger partial charge in [-0.25, -0.2) is 14.4 Å². The van der Waals surface area contributed by atoms with Gasteiger partial charge in [0.15, 0.2) is 11.3 Å². The van der Waals surface area contributed by atoms with Gasteiger partial charge in [-0.2, -0.15) is 13.2 Å². The maximum absolute atomic E-state index is 15.1. The summed E-state index contributed by atoms with van der Waals surface area (Å²) in [6.45, 7) is 3.87. The molecule has 0 radical (unpaired) electrons. The standard InChI is InChI=1S/C22H20ClF4N3O3S/c1-4-17-15(9-31)29-21(34-17)12-8-16(33-11(3)22(25,26)27)13(7-14(12)24)20(32)30-18-10(2)5-6-28-19(18)23/h5-8,11,31H,4,9H2,1-3H3,(H,30,32). The molecule has 182 valence electrons. The van der Waals surface area contributed by atoms with Crippen molar-refractivity contribution in [2.24, 2.45) is 0 Å². The minimum absolute atomic E-state index is 0.0389. The lowest BCUT2D eigenvalue weighted by Crippen LogP contribution is -2.32. The lowest BCUT2D eigenvalue weighted by atomic mass is 10.1. The summed E-state index contributed by atoms with van der Waals surface area (Å²) in [5, 5.41) is 12.0. The van der Waals surface area contributed by atoms with E-state index in [4.69, 9.17) is 16.3 Å². The highest BCUT2D eigenvalue weighted by Gasteiger charge is 2.39. The van der Waals surface area contributed by atoms with Crippen LogP contribution in [0.15, 0.2) is 24.4 Å². The first-order valence-electron chi connectivity index (χ1n) is 10.0. The number of carbonyl (C=O) groups excluding carboxylic acids is 1. The average Bonchev–Trinajstić information content (AvgIpc) is 3.19. The third-order valence-corrected chi connectivity index (χ3v) is 6.47. The second-order valence-corrected chi connectivity index (χ2v) is 8.72. The minimum Gasteiger partial charge on any atom is -0.480 e. The summed E-state index contributed by atoms with van der Waals surface area (Å²) in [6.07, 6.45) is -5.07. The van der Waals surface area contributed by atoms with Crippen molar-refractivity contribution >= 4 is 34.5 Å². The summed E-state index contributed by atoms with van der Waals surface area (Å²) in [5.74, 6) is -2.32. The summed E-state index contributed by atoms with van der Waals surface area (Å²) in [5.41, 5.74) is 0.398. The highest BCUT2D eigenvalue weighted by molar-refractivity contribution is 7.15. The Morgan fingerprint density at radius 1 is 1.35 bits per heavy atom. The molecule has 6 nitrogen and oxygen atoms in total. The first kappa shape index (κ1) is 25.9. The molecule has 0 spiro atoms. The number of alkyl halides is 3. The molecule has 34 heavy (non-hydrogen) atoms. The molecule has 2 heterocycles. The molecular weight excluding hydrogens is 498 g/mol. The number of benzene rings is 1. The second-order valence-electron chi connectivity index (χ2n) is 7.28. The summed E-state index contributed by atoms with van der Waals surface area (Å²) >= 11 is 7.11. The molecule has 1 atom stereocenters. The van der Waals surface area contributed by atoms with Crippen molar-refractivity contribution in [2.45, 2.75) is 46.1 Å². The van der Waals surface area contributed by atoms with Gasteiger partial charge in [-0.3, -0.25) is 4.79 Å². The van der Waals surface area contributed by atoms with E-state index < -0.39 is 35.3 Å². The summed E-state index contributed by atoms with van der Waals surface area (Å²) in [4.78, 5) is 21.7. The minimum atomic E-state index is -4.73. The Morgan fingerprint density at radius 3 is 2.62 bits per heavy atom. The van der Waals surface area contributed by atoms with Crippen LogP contribution in [0.1, 0.15) is 40.3 Å². The number of nitrogens with zero attached hydrogens (tertiary/aromatic N) is 2. The van der Waals surface area contributed by atoms with Crippen LogP contribution in [0.2, 0.25) is 5.15 Å². The SMILES string of the molecule is CCc1sc(-c2cc(OC(C)C(F)(F)F)c(C(=O)Nc3c(C)ccnc3Cl)cc2F)nc1CO. The number of carbonyl (C=O) groups is 1.